The number of benzene rings is 1. The van der Waals surface area contributed by atoms with E-state index in [0.29, 0.717) is 15.7 Å². The number of rotatable bonds is 2. The second kappa shape index (κ2) is 5.00. The Hall–Kier alpha value is -1.15. The lowest BCUT2D eigenvalue weighted by Crippen LogP contribution is -2.21. The van der Waals surface area contributed by atoms with E-state index < -0.39 is 10.0 Å². The van der Waals surface area contributed by atoms with Crippen molar-refractivity contribution >= 4 is 38.4 Å². The molecule has 104 valence electrons. The van der Waals surface area contributed by atoms with Crippen molar-refractivity contribution in [1.29, 1.82) is 0 Å². The number of nitrogens with zero attached hydrogens (tertiary/aromatic N) is 1. The highest BCUT2D eigenvalue weighted by atomic mass is 127. The van der Waals surface area contributed by atoms with E-state index in [2.05, 4.69) is 0 Å². The third-order valence-corrected chi connectivity index (χ3v) is 6.46. The number of fused-ring (bicyclic) bond motifs is 1. The molecule has 0 saturated carbocycles. The van der Waals surface area contributed by atoms with Crippen LogP contribution in [0.25, 0.3) is 0 Å². The molecule has 0 aliphatic heterocycles. The van der Waals surface area contributed by atoms with Gasteiger partial charge in [-0.2, -0.15) is 0 Å². The van der Waals surface area contributed by atoms with Crippen LogP contribution in [0, 0.1) is 3.57 Å². The highest BCUT2D eigenvalue weighted by molar-refractivity contribution is 14.1. The van der Waals surface area contributed by atoms with Crippen molar-refractivity contribution in [2.75, 3.05) is 0 Å². The van der Waals surface area contributed by atoms with E-state index in [4.69, 9.17) is 0 Å². The first-order chi connectivity index (χ1) is 9.51. The third kappa shape index (κ3) is 2.10. The molecular formula is C14H12INO3S. The molecule has 3 rings (SSSR count). The minimum atomic E-state index is -3.71. The lowest BCUT2D eigenvalue weighted by molar-refractivity contribution is 0.0966. The monoisotopic (exact) mass is 401 g/mol. The molecule has 0 amide bonds. The molecule has 1 heterocycles. The molecule has 4 nitrogen and oxygen atoms in total. The first-order valence-electron chi connectivity index (χ1n) is 6.25. The number of Topliss-reactive ketones (excluding diaryl/α,β-unsaturated/α-hetero) is 1. The second-order valence-electron chi connectivity index (χ2n) is 4.70. The molecule has 20 heavy (non-hydrogen) atoms. The van der Waals surface area contributed by atoms with Crippen molar-refractivity contribution in [3.8, 4) is 0 Å². The number of hydrogen-bond donors (Lipinski definition) is 0. The lowest BCUT2D eigenvalue weighted by atomic mass is 9.97. The molecule has 0 atom stereocenters. The summed E-state index contributed by atoms with van der Waals surface area (Å²) in [4.78, 5) is 12.3. The minimum absolute atomic E-state index is 0.0919. The molecule has 0 fully saturated rings. The number of carbonyl (C=O) groups excluding carboxylic acids is 1. The number of halogens is 1. The molecule has 0 N–H and O–H groups in total. The smallest absolute Gasteiger partial charge is 0.269 e. The maximum absolute atomic E-state index is 12.7. The average Bonchev–Trinajstić information content (AvgIpc) is 2.85. The summed E-state index contributed by atoms with van der Waals surface area (Å²) in [5.74, 6) is -0.0919. The lowest BCUT2D eigenvalue weighted by Gasteiger charge is -2.15. The van der Waals surface area contributed by atoms with Gasteiger partial charge in [0.1, 0.15) is 10.6 Å². The predicted molar refractivity (Wildman–Crippen MR) is 83.4 cm³/mol. The Morgan fingerprint density at radius 1 is 1.10 bits per heavy atom. The molecule has 1 aliphatic rings. The first-order valence-corrected chi connectivity index (χ1v) is 8.77. The molecule has 0 radical (unpaired) electrons. The van der Waals surface area contributed by atoms with Gasteiger partial charge in [0.2, 0.25) is 0 Å². The summed E-state index contributed by atoms with van der Waals surface area (Å²) in [5.41, 5.74) is 1.16. The average molecular weight is 401 g/mol. The maximum Gasteiger partial charge on any atom is 0.269 e. The van der Waals surface area contributed by atoms with E-state index in [9.17, 15) is 13.2 Å². The largest absolute Gasteiger partial charge is 0.292 e. The van der Waals surface area contributed by atoms with Gasteiger partial charge in [0, 0.05) is 16.2 Å². The number of carbonyl (C=O) groups is 1. The fourth-order valence-electron chi connectivity index (χ4n) is 2.47. The van der Waals surface area contributed by atoms with Crippen LogP contribution >= 0.6 is 22.6 Å². The summed E-state index contributed by atoms with van der Waals surface area (Å²) in [7, 11) is -3.71. The van der Waals surface area contributed by atoms with Crippen LogP contribution < -0.4 is 0 Å². The summed E-state index contributed by atoms with van der Waals surface area (Å²) >= 11 is 1.99. The highest BCUT2D eigenvalue weighted by Gasteiger charge is 2.28. The van der Waals surface area contributed by atoms with Gasteiger partial charge in [-0.05, 0) is 59.2 Å². The van der Waals surface area contributed by atoms with Crippen molar-refractivity contribution in [2.24, 2.45) is 0 Å². The maximum atomic E-state index is 12.7. The van der Waals surface area contributed by atoms with Gasteiger partial charge in [0.15, 0.2) is 5.78 Å². The van der Waals surface area contributed by atoms with Crippen LogP contribution in [0.15, 0.2) is 41.4 Å². The van der Waals surface area contributed by atoms with Crippen LogP contribution in [0.5, 0.6) is 0 Å². The fourth-order valence-corrected chi connectivity index (χ4v) is 5.15. The summed E-state index contributed by atoms with van der Waals surface area (Å²) in [5, 5.41) is 0. The Morgan fingerprint density at radius 2 is 1.85 bits per heavy atom. The van der Waals surface area contributed by atoms with Crippen molar-refractivity contribution < 1.29 is 13.2 Å². The van der Waals surface area contributed by atoms with E-state index in [1.807, 2.05) is 22.6 Å². The standard InChI is InChI=1S/C14H12INO3S/c15-11-5-1-2-7-13(11)20(18,19)16-9-8-10-4-3-6-12(17)14(10)16/h1-2,5,7-9H,3-4,6H2. The van der Waals surface area contributed by atoms with Crippen LogP contribution in [-0.2, 0) is 16.4 Å². The van der Waals surface area contributed by atoms with E-state index >= 15 is 0 Å². The van der Waals surface area contributed by atoms with Gasteiger partial charge >= 0.3 is 0 Å². The molecular weight excluding hydrogens is 389 g/mol. The summed E-state index contributed by atoms with van der Waals surface area (Å²) in [6.07, 6.45) is 3.46. The van der Waals surface area contributed by atoms with E-state index in [1.54, 1.807) is 30.3 Å². The Balaban J connectivity index is 2.22. The van der Waals surface area contributed by atoms with E-state index in [1.165, 1.54) is 6.20 Å². The molecule has 1 aromatic heterocycles. The van der Waals surface area contributed by atoms with Crippen LogP contribution in [0.3, 0.4) is 0 Å². The predicted octanol–water partition coefficient (Wildman–Crippen LogP) is 2.85. The first kappa shape index (κ1) is 13.8. The molecule has 0 unspecified atom stereocenters. The summed E-state index contributed by atoms with van der Waals surface area (Å²) < 4.78 is 27.3. The number of ketones is 1. The molecule has 1 aliphatic carbocycles. The SMILES string of the molecule is O=C1CCCc2ccn(S(=O)(=O)c3ccccc3I)c21. The fraction of sp³-hybridized carbons (Fsp3) is 0.214. The van der Waals surface area contributed by atoms with Crippen LogP contribution in [-0.4, -0.2) is 18.2 Å². The van der Waals surface area contributed by atoms with Crippen molar-refractivity contribution in [2.45, 2.75) is 24.2 Å². The molecule has 1 aromatic carbocycles. The highest BCUT2D eigenvalue weighted by Crippen LogP contribution is 2.27. The van der Waals surface area contributed by atoms with Crippen LogP contribution in [0.4, 0.5) is 0 Å². The Bertz CT molecular complexity index is 793. The topological polar surface area (TPSA) is 56.1 Å². The number of hydrogen-bond acceptors (Lipinski definition) is 3. The zero-order valence-electron chi connectivity index (χ0n) is 10.5. The van der Waals surface area contributed by atoms with Crippen molar-refractivity contribution in [1.82, 2.24) is 3.97 Å². The number of aromatic nitrogens is 1. The number of aryl methyl sites for hydroxylation is 1. The second-order valence-corrected chi connectivity index (χ2v) is 7.64. The minimum Gasteiger partial charge on any atom is -0.292 e. The van der Waals surface area contributed by atoms with E-state index in [0.717, 1.165) is 22.4 Å². The molecule has 6 heteroatoms. The van der Waals surface area contributed by atoms with Crippen molar-refractivity contribution in [3.63, 3.8) is 0 Å². The molecule has 0 spiro atoms. The Morgan fingerprint density at radius 3 is 2.60 bits per heavy atom. The van der Waals surface area contributed by atoms with Gasteiger partial charge in [-0.1, -0.05) is 12.1 Å². The van der Waals surface area contributed by atoms with Gasteiger partial charge in [-0.15, -0.1) is 0 Å². The zero-order chi connectivity index (χ0) is 14.3. The quantitative estimate of drug-likeness (QED) is 0.728. The van der Waals surface area contributed by atoms with Crippen LogP contribution in [0.1, 0.15) is 28.9 Å². The summed E-state index contributed by atoms with van der Waals surface area (Å²) in [6, 6.07) is 8.52. The molecule has 2 aromatic rings. The van der Waals surface area contributed by atoms with Gasteiger partial charge in [-0.25, -0.2) is 12.4 Å². The van der Waals surface area contributed by atoms with Crippen molar-refractivity contribution in [3.05, 3.63) is 51.4 Å². The molecule has 0 bridgehead atoms. The van der Waals surface area contributed by atoms with Crippen LogP contribution in [0.2, 0.25) is 0 Å². The third-order valence-electron chi connectivity index (χ3n) is 3.42. The normalized spacial score (nSPS) is 15.2. The Labute approximate surface area is 131 Å². The zero-order valence-corrected chi connectivity index (χ0v) is 13.5. The van der Waals surface area contributed by atoms with Gasteiger partial charge in [0.25, 0.3) is 10.0 Å². The van der Waals surface area contributed by atoms with E-state index in [-0.39, 0.29) is 10.7 Å². The van der Waals surface area contributed by atoms with Gasteiger partial charge < -0.3 is 0 Å². The van der Waals surface area contributed by atoms with Gasteiger partial charge in [-0.3, -0.25) is 4.79 Å². The van der Waals surface area contributed by atoms with Gasteiger partial charge in [0.05, 0.1) is 0 Å². The molecule has 0 saturated heterocycles. The Kier molecular flexibility index (Phi) is 3.45. The summed E-state index contributed by atoms with van der Waals surface area (Å²) in [6.45, 7) is 0.